The zero-order valence-corrected chi connectivity index (χ0v) is 10.4. The summed E-state index contributed by atoms with van der Waals surface area (Å²) in [6.07, 6.45) is 7.39. The summed E-state index contributed by atoms with van der Waals surface area (Å²) in [7, 11) is 0. The van der Waals surface area contributed by atoms with Crippen molar-refractivity contribution in [3.8, 4) is 0 Å². The summed E-state index contributed by atoms with van der Waals surface area (Å²) in [5.41, 5.74) is 2.64. The highest BCUT2D eigenvalue weighted by Gasteiger charge is 2.20. The number of amides is 2. The molecule has 1 N–H and O–H groups in total. The van der Waals surface area contributed by atoms with Crippen molar-refractivity contribution in [1.82, 2.24) is 10.2 Å². The summed E-state index contributed by atoms with van der Waals surface area (Å²) in [4.78, 5) is 13.8. The van der Waals surface area contributed by atoms with Gasteiger partial charge in [0.05, 0.1) is 0 Å². The maximum atomic E-state index is 12.0. The van der Waals surface area contributed by atoms with E-state index in [1.807, 2.05) is 11.0 Å². The van der Waals surface area contributed by atoms with Crippen molar-refractivity contribution < 1.29 is 4.79 Å². The normalized spacial score (nSPS) is 18.8. The second-order valence-corrected chi connectivity index (χ2v) is 5.09. The lowest BCUT2D eigenvalue weighted by atomic mass is 10.0. The predicted molar refractivity (Wildman–Crippen MR) is 71.0 cm³/mol. The Balaban J connectivity index is 1.59. The number of nitrogens with zero attached hydrogens (tertiary/aromatic N) is 1. The third-order valence-electron chi connectivity index (χ3n) is 3.62. The molecule has 0 bridgehead atoms. The van der Waals surface area contributed by atoms with E-state index in [4.69, 9.17) is 0 Å². The van der Waals surface area contributed by atoms with E-state index in [2.05, 4.69) is 29.6 Å². The first-order valence-electron chi connectivity index (χ1n) is 6.62. The average Bonchev–Trinajstić information content (AvgIpc) is 3.22. The van der Waals surface area contributed by atoms with Crippen LogP contribution in [-0.4, -0.2) is 17.5 Å². The molecule has 2 amide bonds. The molecule has 94 valence electrons. The van der Waals surface area contributed by atoms with Crippen LogP contribution < -0.4 is 5.32 Å². The standard InChI is InChI=1S/C15H18N2O/c18-15(16-9-7-12-5-6-12)17-10-8-13-3-1-2-4-14(13)11-17/h1-4,7,9,12H,5-6,8,10-11H2,(H,16,18)/b9-7+. The molecule has 3 nitrogen and oxygen atoms in total. The second kappa shape index (κ2) is 4.84. The summed E-state index contributed by atoms with van der Waals surface area (Å²) in [5.74, 6) is 0.701. The Labute approximate surface area is 107 Å². The van der Waals surface area contributed by atoms with E-state index >= 15 is 0 Å². The van der Waals surface area contributed by atoms with Crippen LogP contribution >= 0.6 is 0 Å². The molecule has 1 heterocycles. The fraction of sp³-hybridized carbons (Fsp3) is 0.400. The van der Waals surface area contributed by atoms with E-state index < -0.39 is 0 Å². The van der Waals surface area contributed by atoms with Crippen LogP contribution in [0.15, 0.2) is 36.5 Å². The van der Waals surface area contributed by atoms with Gasteiger partial charge in [0.2, 0.25) is 0 Å². The highest BCUT2D eigenvalue weighted by molar-refractivity contribution is 5.75. The predicted octanol–water partition coefficient (Wildman–Crippen LogP) is 2.68. The average molecular weight is 242 g/mol. The van der Waals surface area contributed by atoms with E-state index in [1.54, 1.807) is 6.20 Å². The maximum Gasteiger partial charge on any atom is 0.321 e. The third kappa shape index (κ3) is 2.55. The van der Waals surface area contributed by atoms with Gasteiger partial charge in [-0.3, -0.25) is 0 Å². The number of benzene rings is 1. The molecule has 0 spiro atoms. The molecule has 3 rings (SSSR count). The number of carbonyl (C=O) groups is 1. The molecule has 1 aliphatic heterocycles. The minimum Gasteiger partial charge on any atom is -0.320 e. The van der Waals surface area contributed by atoms with Gasteiger partial charge in [0, 0.05) is 19.3 Å². The minimum absolute atomic E-state index is 0.0152. The van der Waals surface area contributed by atoms with E-state index in [1.165, 1.54) is 24.0 Å². The summed E-state index contributed by atoms with van der Waals surface area (Å²) >= 11 is 0. The van der Waals surface area contributed by atoms with Crippen molar-refractivity contribution >= 4 is 6.03 Å². The highest BCUT2D eigenvalue weighted by atomic mass is 16.2. The Bertz CT molecular complexity index is 477. The largest absolute Gasteiger partial charge is 0.321 e. The van der Waals surface area contributed by atoms with Crippen LogP contribution in [0.1, 0.15) is 24.0 Å². The lowest BCUT2D eigenvalue weighted by Gasteiger charge is -2.28. The van der Waals surface area contributed by atoms with Gasteiger partial charge in [0.25, 0.3) is 0 Å². The SMILES string of the molecule is O=C(N/C=C/C1CC1)N1CCc2ccccc2C1. The molecule has 0 radical (unpaired) electrons. The van der Waals surface area contributed by atoms with Crippen LogP contribution in [0.3, 0.4) is 0 Å². The van der Waals surface area contributed by atoms with E-state index in [0.29, 0.717) is 5.92 Å². The van der Waals surface area contributed by atoms with Gasteiger partial charge in [-0.05, 0) is 36.3 Å². The fourth-order valence-electron chi connectivity index (χ4n) is 2.30. The van der Waals surface area contributed by atoms with Crippen molar-refractivity contribution in [2.24, 2.45) is 5.92 Å². The van der Waals surface area contributed by atoms with Gasteiger partial charge in [-0.2, -0.15) is 0 Å². The zero-order chi connectivity index (χ0) is 12.4. The topological polar surface area (TPSA) is 32.3 Å². The van der Waals surface area contributed by atoms with E-state index in [9.17, 15) is 4.79 Å². The van der Waals surface area contributed by atoms with Crippen LogP contribution in [-0.2, 0) is 13.0 Å². The number of hydrogen-bond acceptors (Lipinski definition) is 1. The Kier molecular flexibility index (Phi) is 3.05. The molecule has 0 saturated heterocycles. The summed E-state index contributed by atoms with van der Waals surface area (Å²) < 4.78 is 0. The molecule has 0 atom stereocenters. The fourth-order valence-corrected chi connectivity index (χ4v) is 2.30. The first-order valence-corrected chi connectivity index (χ1v) is 6.62. The molecule has 1 aliphatic carbocycles. The maximum absolute atomic E-state index is 12.0. The number of allylic oxidation sites excluding steroid dienone is 1. The first-order chi connectivity index (χ1) is 8.83. The summed E-state index contributed by atoms with van der Waals surface area (Å²) in [6, 6.07) is 8.37. The smallest absolute Gasteiger partial charge is 0.320 e. The molecule has 1 aromatic rings. The Morgan fingerprint density at radius 3 is 2.83 bits per heavy atom. The van der Waals surface area contributed by atoms with Gasteiger partial charge in [-0.15, -0.1) is 0 Å². The van der Waals surface area contributed by atoms with Crippen molar-refractivity contribution in [1.29, 1.82) is 0 Å². The van der Waals surface area contributed by atoms with Crippen LogP contribution in [0.4, 0.5) is 4.79 Å². The van der Waals surface area contributed by atoms with Crippen LogP contribution in [0.2, 0.25) is 0 Å². The van der Waals surface area contributed by atoms with Gasteiger partial charge in [-0.1, -0.05) is 30.3 Å². The third-order valence-corrected chi connectivity index (χ3v) is 3.62. The number of nitrogens with one attached hydrogen (secondary N) is 1. The van der Waals surface area contributed by atoms with Crippen molar-refractivity contribution in [2.45, 2.75) is 25.8 Å². The van der Waals surface area contributed by atoms with Crippen LogP contribution in [0.25, 0.3) is 0 Å². The van der Waals surface area contributed by atoms with Crippen LogP contribution in [0.5, 0.6) is 0 Å². The van der Waals surface area contributed by atoms with Gasteiger partial charge in [-0.25, -0.2) is 4.79 Å². The number of carbonyl (C=O) groups excluding carboxylic acids is 1. The molecule has 0 aromatic heterocycles. The highest BCUT2D eigenvalue weighted by Crippen LogP contribution is 2.29. The van der Waals surface area contributed by atoms with Crippen molar-refractivity contribution in [3.05, 3.63) is 47.7 Å². The lowest BCUT2D eigenvalue weighted by molar-refractivity contribution is 0.196. The van der Waals surface area contributed by atoms with E-state index in [0.717, 1.165) is 19.5 Å². The molecule has 0 unspecified atom stereocenters. The number of fused-ring (bicyclic) bond motifs is 1. The summed E-state index contributed by atoms with van der Waals surface area (Å²) in [5, 5.41) is 2.86. The Morgan fingerprint density at radius 2 is 2.06 bits per heavy atom. The molecular weight excluding hydrogens is 224 g/mol. The molecule has 1 aromatic carbocycles. The van der Waals surface area contributed by atoms with Crippen LogP contribution in [0, 0.1) is 5.92 Å². The Hall–Kier alpha value is -1.77. The van der Waals surface area contributed by atoms with Crippen molar-refractivity contribution in [2.75, 3.05) is 6.54 Å². The molecule has 18 heavy (non-hydrogen) atoms. The van der Waals surface area contributed by atoms with Gasteiger partial charge >= 0.3 is 6.03 Å². The lowest BCUT2D eigenvalue weighted by Crippen LogP contribution is -2.40. The number of urea groups is 1. The van der Waals surface area contributed by atoms with Gasteiger partial charge in [0.1, 0.15) is 0 Å². The molecular formula is C15H18N2O. The summed E-state index contributed by atoms with van der Waals surface area (Å²) in [6.45, 7) is 1.53. The zero-order valence-electron chi connectivity index (χ0n) is 10.4. The molecule has 1 fully saturated rings. The molecule has 3 heteroatoms. The number of hydrogen-bond donors (Lipinski definition) is 1. The quantitative estimate of drug-likeness (QED) is 0.849. The monoisotopic (exact) mass is 242 g/mol. The minimum atomic E-state index is 0.0152. The van der Waals surface area contributed by atoms with Crippen molar-refractivity contribution in [3.63, 3.8) is 0 Å². The van der Waals surface area contributed by atoms with Gasteiger partial charge < -0.3 is 10.2 Å². The second-order valence-electron chi connectivity index (χ2n) is 5.09. The van der Waals surface area contributed by atoms with E-state index in [-0.39, 0.29) is 6.03 Å². The van der Waals surface area contributed by atoms with Gasteiger partial charge in [0.15, 0.2) is 0 Å². The molecule has 1 saturated carbocycles. The number of rotatable bonds is 2. The molecule has 2 aliphatic rings. The Morgan fingerprint density at radius 1 is 1.28 bits per heavy atom. The first kappa shape index (κ1) is 11.3.